The normalized spacial score (nSPS) is 9.69. The molecule has 0 saturated carbocycles. The van der Waals surface area contributed by atoms with Gasteiger partial charge in [0.25, 0.3) is 0 Å². The molecular formula is C10H19NO2. The predicted octanol–water partition coefficient (Wildman–Crippen LogP) is 2.41. The first kappa shape index (κ1) is 12.2. The van der Waals surface area contributed by atoms with Crippen molar-refractivity contribution in [1.82, 2.24) is 5.48 Å². The molecule has 0 unspecified atom stereocenters. The van der Waals surface area contributed by atoms with Gasteiger partial charge < -0.3 is 4.79 Å². The molecule has 0 aromatic heterocycles. The van der Waals surface area contributed by atoms with Crippen molar-refractivity contribution in [3.05, 3.63) is 12.3 Å². The lowest BCUT2D eigenvalue weighted by Gasteiger charge is -2.02. The molecule has 0 fully saturated rings. The first-order chi connectivity index (χ1) is 6.16. The van der Waals surface area contributed by atoms with Gasteiger partial charge in [-0.15, -0.1) is 0 Å². The van der Waals surface area contributed by atoms with Crippen LogP contribution >= 0.6 is 0 Å². The van der Waals surface area contributed by atoms with Gasteiger partial charge in [0.2, 0.25) is 0 Å². The van der Waals surface area contributed by atoms with Crippen molar-refractivity contribution in [2.24, 2.45) is 0 Å². The van der Waals surface area contributed by atoms with Crippen LogP contribution in [0.4, 0.5) is 0 Å². The zero-order chi connectivity index (χ0) is 10.1. The number of carbonyl (C=O) groups excluding carboxylic acids is 1. The van der Waals surface area contributed by atoms with Crippen LogP contribution in [0.3, 0.4) is 0 Å². The van der Waals surface area contributed by atoms with Crippen LogP contribution in [0, 0.1) is 0 Å². The summed E-state index contributed by atoms with van der Waals surface area (Å²) in [6.45, 7) is 5.23. The SMILES string of the molecule is C=C(CCCCCCC(C)=O)NO. The average Bonchev–Trinajstić information content (AvgIpc) is 2.10. The fourth-order valence-electron chi connectivity index (χ4n) is 1.12. The van der Waals surface area contributed by atoms with E-state index in [1.807, 2.05) is 5.48 Å². The smallest absolute Gasteiger partial charge is 0.129 e. The predicted molar refractivity (Wildman–Crippen MR) is 52.4 cm³/mol. The molecule has 2 N–H and O–H groups in total. The second kappa shape index (κ2) is 7.80. The van der Waals surface area contributed by atoms with Crippen LogP contribution in [0.5, 0.6) is 0 Å². The summed E-state index contributed by atoms with van der Waals surface area (Å²) in [5.74, 6) is 0.265. The zero-order valence-electron chi connectivity index (χ0n) is 8.31. The van der Waals surface area contributed by atoms with E-state index in [-0.39, 0.29) is 5.78 Å². The highest BCUT2D eigenvalue weighted by atomic mass is 16.5. The van der Waals surface area contributed by atoms with E-state index in [4.69, 9.17) is 5.21 Å². The van der Waals surface area contributed by atoms with Gasteiger partial charge in [-0.25, -0.2) is 0 Å². The number of unbranched alkanes of at least 4 members (excludes halogenated alkanes) is 3. The number of hydroxylamine groups is 1. The quantitative estimate of drug-likeness (QED) is 0.451. The third-order valence-electron chi connectivity index (χ3n) is 1.92. The van der Waals surface area contributed by atoms with Gasteiger partial charge in [-0.3, -0.25) is 10.7 Å². The van der Waals surface area contributed by atoms with Crippen molar-refractivity contribution < 1.29 is 10.0 Å². The zero-order valence-corrected chi connectivity index (χ0v) is 8.31. The summed E-state index contributed by atoms with van der Waals surface area (Å²) in [5.41, 5.74) is 2.68. The van der Waals surface area contributed by atoms with E-state index in [1.54, 1.807) is 6.92 Å². The summed E-state index contributed by atoms with van der Waals surface area (Å²) >= 11 is 0. The summed E-state index contributed by atoms with van der Waals surface area (Å²) in [4.78, 5) is 10.6. The molecule has 0 amide bonds. The molecule has 3 heteroatoms. The number of allylic oxidation sites excluding steroid dienone is 1. The Morgan fingerprint density at radius 1 is 1.23 bits per heavy atom. The molecule has 13 heavy (non-hydrogen) atoms. The Labute approximate surface area is 79.8 Å². The first-order valence-electron chi connectivity index (χ1n) is 4.74. The van der Waals surface area contributed by atoms with Gasteiger partial charge in [-0.1, -0.05) is 19.4 Å². The van der Waals surface area contributed by atoms with Crippen molar-refractivity contribution in [2.75, 3.05) is 0 Å². The van der Waals surface area contributed by atoms with Crippen LogP contribution in [0.2, 0.25) is 0 Å². The number of rotatable bonds is 8. The fourth-order valence-corrected chi connectivity index (χ4v) is 1.12. The number of hydrogen-bond donors (Lipinski definition) is 2. The molecule has 0 spiro atoms. The molecule has 0 aromatic carbocycles. The molecule has 0 aliphatic rings. The monoisotopic (exact) mass is 185 g/mol. The fraction of sp³-hybridized carbons (Fsp3) is 0.700. The highest BCUT2D eigenvalue weighted by Crippen LogP contribution is 2.07. The van der Waals surface area contributed by atoms with Crippen molar-refractivity contribution in [2.45, 2.75) is 45.4 Å². The lowest BCUT2D eigenvalue weighted by molar-refractivity contribution is -0.117. The third-order valence-corrected chi connectivity index (χ3v) is 1.92. The lowest BCUT2D eigenvalue weighted by Crippen LogP contribution is -2.04. The molecule has 0 bridgehead atoms. The number of nitrogens with one attached hydrogen (secondary N) is 1. The first-order valence-corrected chi connectivity index (χ1v) is 4.74. The Morgan fingerprint density at radius 3 is 2.23 bits per heavy atom. The maximum absolute atomic E-state index is 10.6. The highest BCUT2D eigenvalue weighted by molar-refractivity contribution is 5.75. The van der Waals surface area contributed by atoms with Crippen molar-refractivity contribution >= 4 is 5.78 Å². The summed E-state index contributed by atoms with van der Waals surface area (Å²) < 4.78 is 0. The Balaban J connectivity index is 3.08. The van der Waals surface area contributed by atoms with Crippen molar-refractivity contribution in [3.63, 3.8) is 0 Å². The number of ketones is 1. The minimum absolute atomic E-state index is 0.265. The van der Waals surface area contributed by atoms with E-state index >= 15 is 0 Å². The molecule has 0 rings (SSSR count). The van der Waals surface area contributed by atoms with Gasteiger partial charge in [0.1, 0.15) is 5.78 Å². The van der Waals surface area contributed by atoms with Gasteiger partial charge in [0.15, 0.2) is 0 Å². The summed E-state index contributed by atoms with van der Waals surface area (Å²) in [6, 6.07) is 0. The molecule has 0 aliphatic carbocycles. The third kappa shape index (κ3) is 9.08. The summed E-state index contributed by atoms with van der Waals surface area (Å²) in [6.07, 6.45) is 5.67. The van der Waals surface area contributed by atoms with Gasteiger partial charge >= 0.3 is 0 Å². The van der Waals surface area contributed by atoms with Gasteiger partial charge in [0.05, 0.1) is 0 Å². The van der Waals surface area contributed by atoms with Crippen LogP contribution in [0.15, 0.2) is 12.3 Å². The maximum Gasteiger partial charge on any atom is 0.129 e. The molecule has 0 heterocycles. The molecule has 0 radical (unpaired) electrons. The van der Waals surface area contributed by atoms with Crippen LogP contribution in [0.1, 0.15) is 45.4 Å². The topological polar surface area (TPSA) is 49.3 Å². The van der Waals surface area contributed by atoms with Crippen LogP contribution < -0.4 is 5.48 Å². The molecule has 0 atom stereocenters. The molecule has 3 nitrogen and oxygen atoms in total. The number of Topliss-reactive ketones (excluding diaryl/α,β-unsaturated/α-hetero) is 1. The maximum atomic E-state index is 10.6. The molecular weight excluding hydrogens is 166 g/mol. The lowest BCUT2D eigenvalue weighted by atomic mass is 10.1. The van der Waals surface area contributed by atoms with E-state index in [2.05, 4.69) is 6.58 Å². The standard InChI is InChI=1S/C10H19NO2/c1-9(11-13)7-5-3-4-6-8-10(2)12/h11,13H,1,3-8H2,2H3. The minimum atomic E-state index is 0.265. The second-order valence-electron chi connectivity index (χ2n) is 3.33. The Morgan fingerprint density at radius 2 is 1.77 bits per heavy atom. The number of carbonyl (C=O) groups is 1. The van der Waals surface area contributed by atoms with E-state index in [1.165, 1.54) is 0 Å². The Bertz CT molecular complexity index is 166. The van der Waals surface area contributed by atoms with E-state index in [0.717, 1.165) is 32.1 Å². The Hall–Kier alpha value is -0.830. The van der Waals surface area contributed by atoms with Gasteiger partial charge in [-0.2, -0.15) is 0 Å². The van der Waals surface area contributed by atoms with Crippen LogP contribution in [-0.2, 0) is 4.79 Å². The largest absolute Gasteiger partial charge is 0.300 e. The van der Waals surface area contributed by atoms with Crippen LogP contribution in [-0.4, -0.2) is 11.0 Å². The molecule has 76 valence electrons. The minimum Gasteiger partial charge on any atom is -0.300 e. The van der Waals surface area contributed by atoms with E-state index in [0.29, 0.717) is 12.1 Å². The molecule has 0 saturated heterocycles. The van der Waals surface area contributed by atoms with E-state index < -0.39 is 0 Å². The van der Waals surface area contributed by atoms with Crippen molar-refractivity contribution in [1.29, 1.82) is 0 Å². The average molecular weight is 185 g/mol. The molecule has 0 aromatic rings. The Kier molecular flexibility index (Phi) is 7.30. The summed E-state index contributed by atoms with van der Waals surface area (Å²) in [7, 11) is 0. The van der Waals surface area contributed by atoms with E-state index in [9.17, 15) is 4.79 Å². The second-order valence-corrected chi connectivity index (χ2v) is 3.33. The van der Waals surface area contributed by atoms with Gasteiger partial charge in [-0.05, 0) is 26.2 Å². The van der Waals surface area contributed by atoms with Gasteiger partial charge in [0, 0.05) is 12.1 Å². The highest BCUT2D eigenvalue weighted by Gasteiger charge is 1.95. The summed E-state index contributed by atoms with van der Waals surface area (Å²) in [5, 5.41) is 8.42. The van der Waals surface area contributed by atoms with Crippen molar-refractivity contribution in [3.8, 4) is 0 Å². The molecule has 0 aliphatic heterocycles. The van der Waals surface area contributed by atoms with Crippen LogP contribution in [0.25, 0.3) is 0 Å². The number of hydrogen-bond acceptors (Lipinski definition) is 3.